The standard InChI is InChI=1S/C17H17ClN2O4S/c1-10(2)9-25(22,23)20-12-4-6-15-13(8-12)17(21)19-14-7-11(18)3-5-16(14)24-15/h3-8,10,20H,9H2,1-2H3,(H,19,21). The van der Waals surface area contributed by atoms with Crippen molar-refractivity contribution in [1.82, 2.24) is 0 Å². The first-order valence-corrected chi connectivity index (χ1v) is 9.70. The van der Waals surface area contributed by atoms with Crippen LogP contribution in [0.2, 0.25) is 5.02 Å². The van der Waals surface area contributed by atoms with Gasteiger partial charge in [0.15, 0.2) is 5.75 Å². The van der Waals surface area contributed by atoms with Gasteiger partial charge >= 0.3 is 0 Å². The average molecular weight is 381 g/mol. The van der Waals surface area contributed by atoms with Crippen molar-refractivity contribution in [3.63, 3.8) is 0 Å². The van der Waals surface area contributed by atoms with Crippen molar-refractivity contribution in [2.45, 2.75) is 13.8 Å². The zero-order valence-electron chi connectivity index (χ0n) is 13.7. The van der Waals surface area contributed by atoms with Gasteiger partial charge in [-0.1, -0.05) is 25.4 Å². The van der Waals surface area contributed by atoms with Crippen molar-refractivity contribution in [1.29, 1.82) is 0 Å². The lowest BCUT2D eigenvalue weighted by molar-refractivity contribution is 0.102. The Bertz CT molecular complexity index is 942. The first kappa shape index (κ1) is 17.6. The quantitative estimate of drug-likeness (QED) is 0.836. The topological polar surface area (TPSA) is 84.5 Å². The van der Waals surface area contributed by atoms with Crippen LogP contribution in [0, 0.1) is 5.92 Å². The molecule has 0 saturated carbocycles. The fourth-order valence-corrected chi connectivity index (χ4v) is 4.14. The predicted octanol–water partition coefficient (Wildman–Crippen LogP) is 4.10. The number of hydrogen-bond donors (Lipinski definition) is 2. The molecule has 1 heterocycles. The molecule has 0 radical (unpaired) electrons. The summed E-state index contributed by atoms with van der Waals surface area (Å²) in [4.78, 5) is 12.5. The van der Waals surface area contributed by atoms with Crippen molar-refractivity contribution in [2.75, 3.05) is 15.8 Å². The monoisotopic (exact) mass is 380 g/mol. The summed E-state index contributed by atoms with van der Waals surface area (Å²) in [6.07, 6.45) is 0. The van der Waals surface area contributed by atoms with Crippen molar-refractivity contribution in [3.05, 3.63) is 47.0 Å². The van der Waals surface area contributed by atoms with Crippen molar-refractivity contribution >= 4 is 38.9 Å². The van der Waals surface area contributed by atoms with E-state index in [0.717, 1.165) is 0 Å². The molecule has 2 N–H and O–H groups in total. The smallest absolute Gasteiger partial charge is 0.259 e. The van der Waals surface area contributed by atoms with E-state index in [2.05, 4.69) is 10.0 Å². The second kappa shape index (κ2) is 6.57. The minimum absolute atomic E-state index is 0.00325. The Hall–Kier alpha value is -2.25. The predicted molar refractivity (Wildman–Crippen MR) is 98.2 cm³/mol. The number of hydrogen-bond acceptors (Lipinski definition) is 4. The molecule has 0 fully saturated rings. The zero-order valence-corrected chi connectivity index (χ0v) is 15.2. The maximum atomic E-state index is 12.5. The van der Waals surface area contributed by atoms with Gasteiger partial charge in [0.2, 0.25) is 10.0 Å². The number of carbonyl (C=O) groups excluding carboxylic acids is 1. The Morgan fingerprint density at radius 2 is 1.88 bits per heavy atom. The van der Waals surface area contributed by atoms with Gasteiger partial charge in [-0.3, -0.25) is 9.52 Å². The molecule has 25 heavy (non-hydrogen) atoms. The molecule has 2 aromatic rings. The molecule has 1 amide bonds. The molecule has 2 aromatic carbocycles. The van der Waals surface area contributed by atoms with Crippen LogP contribution in [0.25, 0.3) is 0 Å². The van der Waals surface area contributed by atoms with Crippen LogP contribution in [0.5, 0.6) is 11.5 Å². The van der Waals surface area contributed by atoms with Gasteiger partial charge < -0.3 is 10.1 Å². The molecule has 0 saturated heterocycles. The highest BCUT2D eigenvalue weighted by Gasteiger charge is 2.22. The van der Waals surface area contributed by atoms with E-state index in [1.807, 2.05) is 13.8 Å². The number of nitrogens with one attached hydrogen (secondary N) is 2. The molecule has 0 bridgehead atoms. The molecule has 0 aliphatic carbocycles. The molecule has 0 aromatic heterocycles. The fourth-order valence-electron chi connectivity index (χ4n) is 2.52. The lowest BCUT2D eigenvalue weighted by atomic mass is 10.1. The molecule has 1 aliphatic rings. The van der Waals surface area contributed by atoms with Gasteiger partial charge in [0, 0.05) is 10.7 Å². The molecule has 8 heteroatoms. The second-order valence-electron chi connectivity index (χ2n) is 6.18. The molecular weight excluding hydrogens is 364 g/mol. The van der Waals surface area contributed by atoms with Crippen molar-refractivity contribution in [3.8, 4) is 11.5 Å². The summed E-state index contributed by atoms with van der Waals surface area (Å²) in [6.45, 7) is 3.64. The van der Waals surface area contributed by atoms with Crippen LogP contribution in [0.3, 0.4) is 0 Å². The lowest BCUT2D eigenvalue weighted by Crippen LogP contribution is -2.20. The highest BCUT2D eigenvalue weighted by Crippen LogP contribution is 2.38. The van der Waals surface area contributed by atoms with Gasteiger partial charge in [-0.2, -0.15) is 0 Å². The summed E-state index contributed by atoms with van der Waals surface area (Å²) < 4.78 is 32.4. The lowest BCUT2D eigenvalue weighted by Gasteiger charge is -2.12. The highest BCUT2D eigenvalue weighted by molar-refractivity contribution is 7.92. The summed E-state index contributed by atoms with van der Waals surface area (Å²) in [5, 5.41) is 3.18. The summed E-state index contributed by atoms with van der Waals surface area (Å²) >= 11 is 5.94. The SMILES string of the molecule is CC(C)CS(=O)(=O)Nc1ccc2c(c1)C(=O)Nc1cc(Cl)ccc1O2. The third kappa shape index (κ3) is 4.05. The van der Waals surface area contributed by atoms with E-state index >= 15 is 0 Å². The van der Waals surface area contributed by atoms with Crippen LogP contribution >= 0.6 is 11.6 Å². The number of ether oxygens (including phenoxy) is 1. The van der Waals surface area contributed by atoms with E-state index in [4.69, 9.17) is 16.3 Å². The van der Waals surface area contributed by atoms with Gasteiger partial charge in [0.25, 0.3) is 5.91 Å². The normalized spacial score (nSPS) is 13.4. The van der Waals surface area contributed by atoms with Gasteiger partial charge in [-0.15, -0.1) is 0 Å². The maximum Gasteiger partial charge on any atom is 0.259 e. The molecule has 6 nitrogen and oxygen atoms in total. The number of anilines is 2. The van der Waals surface area contributed by atoms with E-state index in [0.29, 0.717) is 27.9 Å². The summed E-state index contributed by atoms with van der Waals surface area (Å²) in [7, 11) is -3.49. The number of halogens is 1. The highest BCUT2D eigenvalue weighted by atomic mass is 35.5. The molecule has 0 unspecified atom stereocenters. The number of sulfonamides is 1. The number of carbonyl (C=O) groups is 1. The van der Waals surface area contributed by atoms with Crippen LogP contribution in [0.4, 0.5) is 11.4 Å². The fraction of sp³-hybridized carbons (Fsp3) is 0.235. The first-order valence-electron chi connectivity index (χ1n) is 7.67. The van der Waals surface area contributed by atoms with E-state index < -0.39 is 15.9 Å². The van der Waals surface area contributed by atoms with E-state index in [-0.39, 0.29) is 17.2 Å². The number of rotatable bonds is 4. The van der Waals surface area contributed by atoms with Crippen molar-refractivity contribution < 1.29 is 17.9 Å². The average Bonchev–Trinajstić information content (AvgIpc) is 2.61. The molecule has 0 spiro atoms. The van der Waals surface area contributed by atoms with E-state index in [9.17, 15) is 13.2 Å². The molecule has 132 valence electrons. The molecular formula is C17H17ClN2O4S. The molecule has 0 atom stereocenters. The summed E-state index contributed by atoms with van der Waals surface area (Å²) in [5.41, 5.74) is 0.995. The van der Waals surface area contributed by atoms with Crippen LogP contribution in [0.1, 0.15) is 24.2 Å². The summed E-state index contributed by atoms with van der Waals surface area (Å²) in [6, 6.07) is 9.48. The van der Waals surface area contributed by atoms with Crippen molar-refractivity contribution in [2.24, 2.45) is 5.92 Å². The Morgan fingerprint density at radius 3 is 2.60 bits per heavy atom. The minimum Gasteiger partial charge on any atom is -0.454 e. The minimum atomic E-state index is -3.49. The third-order valence-electron chi connectivity index (χ3n) is 3.46. The number of amides is 1. The first-order chi connectivity index (χ1) is 11.7. The number of fused-ring (bicyclic) bond motifs is 2. The Labute approximate surface area is 151 Å². The van der Waals surface area contributed by atoms with E-state index in [1.54, 1.807) is 30.3 Å². The molecule has 1 aliphatic heterocycles. The maximum absolute atomic E-state index is 12.5. The Balaban J connectivity index is 1.93. The number of benzene rings is 2. The largest absolute Gasteiger partial charge is 0.454 e. The van der Waals surface area contributed by atoms with Crippen LogP contribution in [-0.4, -0.2) is 20.1 Å². The molecule has 3 rings (SSSR count). The van der Waals surface area contributed by atoms with Gasteiger partial charge in [0.1, 0.15) is 5.75 Å². The zero-order chi connectivity index (χ0) is 18.2. The third-order valence-corrected chi connectivity index (χ3v) is 5.35. The van der Waals surface area contributed by atoms with Crippen LogP contribution in [0.15, 0.2) is 36.4 Å². The van der Waals surface area contributed by atoms with Gasteiger partial charge in [0.05, 0.1) is 17.0 Å². The second-order valence-corrected chi connectivity index (χ2v) is 8.39. The van der Waals surface area contributed by atoms with Gasteiger partial charge in [-0.25, -0.2) is 8.42 Å². The summed E-state index contributed by atoms with van der Waals surface area (Å²) in [5.74, 6) is 0.386. The Kier molecular flexibility index (Phi) is 4.62. The van der Waals surface area contributed by atoms with Gasteiger partial charge in [-0.05, 0) is 42.3 Å². The van der Waals surface area contributed by atoms with E-state index in [1.165, 1.54) is 6.07 Å². The van der Waals surface area contributed by atoms with Crippen LogP contribution < -0.4 is 14.8 Å². The van der Waals surface area contributed by atoms with Crippen LogP contribution in [-0.2, 0) is 10.0 Å². The Morgan fingerprint density at radius 1 is 1.16 bits per heavy atom.